The van der Waals surface area contributed by atoms with Gasteiger partial charge in [-0.2, -0.15) is 4.98 Å². The van der Waals surface area contributed by atoms with Gasteiger partial charge in [0.05, 0.1) is 6.26 Å². The van der Waals surface area contributed by atoms with Gasteiger partial charge in [-0.3, -0.25) is 4.72 Å². The van der Waals surface area contributed by atoms with Crippen molar-refractivity contribution in [1.82, 2.24) is 14.8 Å². The highest BCUT2D eigenvalue weighted by atomic mass is 32.2. The highest BCUT2D eigenvalue weighted by Gasteiger charge is 2.25. The molecular formula is C19H19N5O2S. The fourth-order valence-electron chi connectivity index (χ4n) is 2.99. The van der Waals surface area contributed by atoms with Crippen LogP contribution >= 0.6 is 0 Å². The minimum Gasteiger partial charge on any atom is -0.324 e. The molecule has 0 amide bonds. The van der Waals surface area contributed by atoms with Crippen molar-refractivity contribution in [3.63, 3.8) is 0 Å². The molecule has 1 aromatic heterocycles. The molecule has 0 unspecified atom stereocenters. The normalized spacial score (nSPS) is 16.2. The predicted molar refractivity (Wildman–Crippen MR) is 106 cm³/mol. The first-order valence-electron chi connectivity index (χ1n) is 8.44. The predicted octanol–water partition coefficient (Wildman–Crippen LogP) is 3.01. The van der Waals surface area contributed by atoms with Gasteiger partial charge in [0.1, 0.15) is 6.04 Å². The molecule has 0 aliphatic carbocycles. The molecule has 1 aliphatic rings. The number of benzene rings is 2. The highest BCUT2D eigenvalue weighted by Crippen LogP contribution is 2.33. The summed E-state index contributed by atoms with van der Waals surface area (Å²) in [5, 5.41) is 7.60. The van der Waals surface area contributed by atoms with Gasteiger partial charge >= 0.3 is 0 Å². The van der Waals surface area contributed by atoms with Crippen molar-refractivity contribution >= 4 is 27.6 Å². The van der Waals surface area contributed by atoms with Crippen LogP contribution in [0.5, 0.6) is 0 Å². The van der Waals surface area contributed by atoms with Crippen LogP contribution in [-0.2, 0) is 10.0 Å². The summed E-state index contributed by atoms with van der Waals surface area (Å²) in [6, 6.07) is 17.9. The van der Waals surface area contributed by atoms with Crippen LogP contribution < -0.4 is 10.0 Å². The summed E-state index contributed by atoms with van der Waals surface area (Å²) >= 11 is 0. The van der Waals surface area contributed by atoms with Gasteiger partial charge in [0.2, 0.25) is 16.0 Å². The molecule has 0 bridgehead atoms. The van der Waals surface area contributed by atoms with Crippen molar-refractivity contribution in [2.75, 3.05) is 16.3 Å². The van der Waals surface area contributed by atoms with Gasteiger partial charge in [-0.1, -0.05) is 60.2 Å². The number of hydrogen-bond acceptors (Lipinski definition) is 5. The van der Waals surface area contributed by atoms with Crippen molar-refractivity contribution in [3.05, 3.63) is 77.4 Å². The van der Waals surface area contributed by atoms with Gasteiger partial charge in [-0.15, -0.1) is 5.10 Å². The number of nitrogens with zero attached hydrogens (tertiary/aromatic N) is 3. The van der Waals surface area contributed by atoms with Crippen molar-refractivity contribution in [2.45, 2.75) is 13.0 Å². The Morgan fingerprint density at radius 2 is 1.78 bits per heavy atom. The van der Waals surface area contributed by atoms with Gasteiger partial charge in [-0.25, -0.2) is 13.1 Å². The van der Waals surface area contributed by atoms with Crippen LogP contribution in [0.4, 0.5) is 11.9 Å². The zero-order valence-electron chi connectivity index (χ0n) is 14.9. The van der Waals surface area contributed by atoms with Crippen LogP contribution in [0.25, 0.3) is 5.70 Å². The van der Waals surface area contributed by atoms with Crippen molar-refractivity contribution in [2.24, 2.45) is 0 Å². The number of sulfonamides is 1. The second-order valence-electron chi connectivity index (χ2n) is 6.50. The molecule has 27 heavy (non-hydrogen) atoms. The lowest BCUT2D eigenvalue weighted by atomic mass is 10.0. The number of nitrogens with one attached hydrogen (secondary N) is 2. The molecule has 138 valence electrons. The lowest BCUT2D eigenvalue weighted by molar-refractivity contribution is 0.603. The van der Waals surface area contributed by atoms with E-state index in [2.05, 4.69) is 26.2 Å². The van der Waals surface area contributed by atoms with E-state index in [1.165, 1.54) is 5.56 Å². The largest absolute Gasteiger partial charge is 0.324 e. The second-order valence-corrected chi connectivity index (χ2v) is 8.25. The SMILES string of the molecule is Cc1ccc(C2=C[C@@H](c3ccccc3)n3nc(NS(C)(=O)=O)nc3N2)cc1. The third-order valence-corrected chi connectivity index (χ3v) is 4.80. The van der Waals surface area contributed by atoms with Crippen LogP contribution in [0.2, 0.25) is 0 Å². The van der Waals surface area contributed by atoms with Crippen molar-refractivity contribution < 1.29 is 8.42 Å². The minimum atomic E-state index is -3.46. The molecule has 2 heterocycles. The Hall–Kier alpha value is -3.13. The fourth-order valence-corrected chi connectivity index (χ4v) is 3.41. The van der Waals surface area contributed by atoms with E-state index >= 15 is 0 Å². The van der Waals surface area contributed by atoms with E-state index in [-0.39, 0.29) is 12.0 Å². The first kappa shape index (κ1) is 17.3. The molecule has 2 aromatic carbocycles. The molecule has 2 N–H and O–H groups in total. The first-order valence-corrected chi connectivity index (χ1v) is 10.3. The lowest BCUT2D eigenvalue weighted by Gasteiger charge is -2.24. The van der Waals surface area contributed by atoms with E-state index in [0.717, 1.165) is 23.1 Å². The van der Waals surface area contributed by atoms with Crippen LogP contribution in [0.15, 0.2) is 60.7 Å². The summed E-state index contributed by atoms with van der Waals surface area (Å²) < 4.78 is 27.1. The van der Waals surface area contributed by atoms with Crippen molar-refractivity contribution in [3.8, 4) is 0 Å². The highest BCUT2D eigenvalue weighted by molar-refractivity contribution is 7.91. The zero-order chi connectivity index (χ0) is 19.0. The third-order valence-electron chi connectivity index (χ3n) is 4.25. The lowest BCUT2D eigenvalue weighted by Crippen LogP contribution is -2.20. The zero-order valence-corrected chi connectivity index (χ0v) is 15.7. The van der Waals surface area contributed by atoms with Crippen LogP contribution in [0, 0.1) is 6.92 Å². The molecule has 1 aliphatic heterocycles. The quantitative estimate of drug-likeness (QED) is 0.725. The Labute approximate surface area is 157 Å². The van der Waals surface area contributed by atoms with Crippen molar-refractivity contribution in [1.29, 1.82) is 0 Å². The second kappa shape index (κ2) is 6.55. The first-order chi connectivity index (χ1) is 12.9. The molecule has 4 rings (SSSR count). The topological polar surface area (TPSA) is 88.9 Å². The monoisotopic (exact) mass is 381 g/mol. The summed E-state index contributed by atoms with van der Waals surface area (Å²) in [7, 11) is -3.46. The van der Waals surface area contributed by atoms with E-state index in [1.54, 1.807) is 4.68 Å². The maximum Gasteiger partial charge on any atom is 0.257 e. The molecule has 0 saturated heterocycles. The average molecular weight is 381 g/mol. The molecule has 3 aromatic rings. The number of aryl methyl sites for hydroxylation is 1. The number of rotatable bonds is 4. The summed E-state index contributed by atoms with van der Waals surface area (Å²) in [4.78, 5) is 4.31. The molecule has 0 spiro atoms. The van der Waals surface area contributed by atoms with Gasteiger partial charge in [-0.05, 0) is 24.1 Å². The summed E-state index contributed by atoms with van der Waals surface area (Å²) in [6.07, 6.45) is 3.14. The molecule has 7 nitrogen and oxygen atoms in total. The maximum absolute atomic E-state index is 11.5. The third kappa shape index (κ3) is 3.70. The summed E-state index contributed by atoms with van der Waals surface area (Å²) in [6.45, 7) is 2.04. The Morgan fingerprint density at radius 3 is 2.44 bits per heavy atom. The molecule has 0 radical (unpaired) electrons. The number of hydrogen-bond donors (Lipinski definition) is 2. The Bertz CT molecular complexity index is 1100. The molecule has 0 saturated carbocycles. The van der Waals surface area contributed by atoms with E-state index < -0.39 is 10.0 Å². The van der Waals surface area contributed by atoms with E-state index in [0.29, 0.717) is 5.95 Å². The smallest absolute Gasteiger partial charge is 0.257 e. The summed E-state index contributed by atoms with van der Waals surface area (Å²) in [5.74, 6) is 0.521. The van der Waals surface area contributed by atoms with Crippen LogP contribution in [0.1, 0.15) is 22.7 Å². The fraction of sp³-hybridized carbons (Fsp3) is 0.158. The van der Waals surface area contributed by atoms with Gasteiger partial charge in [0.15, 0.2) is 0 Å². The molecule has 8 heteroatoms. The Balaban J connectivity index is 1.80. The number of allylic oxidation sites excluding steroid dienone is 1. The van der Waals surface area contributed by atoms with E-state index in [1.807, 2.05) is 61.5 Å². The average Bonchev–Trinajstić information content (AvgIpc) is 3.02. The van der Waals surface area contributed by atoms with Gasteiger partial charge in [0, 0.05) is 5.70 Å². The standard InChI is InChI=1S/C19H19N5O2S/c1-13-8-10-14(11-9-13)16-12-17(15-6-4-3-5-7-15)24-19(20-16)21-18(22-24)23-27(2,25)26/h3-12,17H,1-2H3,(H2,20,21,22,23)/t17-/m0/s1. The maximum atomic E-state index is 11.5. The number of fused-ring (bicyclic) bond motifs is 1. The summed E-state index contributed by atoms with van der Waals surface area (Å²) in [5.41, 5.74) is 4.13. The van der Waals surface area contributed by atoms with Gasteiger partial charge < -0.3 is 5.32 Å². The van der Waals surface area contributed by atoms with Crippen LogP contribution in [-0.4, -0.2) is 29.4 Å². The number of anilines is 2. The number of aromatic nitrogens is 3. The minimum absolute atomic E-state index is 0.0412. The molecule has 0 fully saturated rings. The van der Waals surface area contributed by atoms with E-state index in [9.17, 15) is 8.42 Å². The van der Waals surface area contributed by atoms with Gasteiger partial charge in [0.25, 0.3) is 5.95 Å². The molecular weight excluding hydrogens is 362 g/mol. The Morgan fingerprint density at radius 1 is 1.07 bits per heavy atom. The van der Waals surface area contributed by atoms with Crippen LogP contribution in [0.3, 0.4) is 0 Å². The Kier molecular flexibility index (Phi) is 4.19. The molecule has 1 atom stereocenters. The van der Waals surface area contributed by atoms with E-state index in [4.69, 9.17) is 0 Å².